The smallest absolute Gasteiger partial charge is 0.416 e. The van der Waals surface area contributed by atoms with Gasteiger partial charge in [0.2, 0.25) is 5.91 Å². The second kappa shape index (κ2) is 8.98. The second-order valence-corrected chi connectivity index (χ2v) is 6.86. The Balaban J connectivity index is 1.73. The van der Waals surface area contributed by atoms with Crippen LogP contribution in [-0.4, -0.2) is 25.0 Å². The summed E-state index contributed by atoms with van der Waals surface area (Å²) in [4.78, 5) is 24.7. The number of nitrogens with one attached hydrogen (secondary N) is 1. The van der Waals surface area contributed by atoms with Gasteiger partial charge in [0.1, 0.15) is 6.04 Å². The van der Waals surface area contributed by atoms with E-state index in [1.54, 1.807) is 0 Å². The zero-order chi connectivity index (χ0) is 21.7. The lowest BCUT2D eigenvalue weighted by Crippen LogP contribution is -2.43. The summed E-state index contributed by atoms with van der Waals surface area (Å²) in [5.41, 5.74) is 0.502. The molecule has 0 bridgehead atoms. The van der Waals surface area contributed by atoms with Crippen LogP contribution in [0.4, 0.5) is 13.2 Å². The molecule has 0 saturated carbocycles. The molecule has 0 spiro atoms. The van der Waals surface area contributed by atoms with Crippen LogP contribution in [0.25, 0.3) is 10.8 Å². The van der Waals surface area contributed by atoms with Crippen molar-refractivity contribution >= 4 is 22.6 Å². The first kappa shape index (κ1) is 21.4. The van der Waals surface area contributed by atoms with Crippen LogP contribution in [0.2, 0.25) is 0 Å². The molecule has 0 radical (unpaired) electrons. The zero-order valence-electron chi connectivity index (χ0n) is 16.2. The highest BCUT2D eigenvalue weighted by atomic mass is 19.4. The minimum Gasteiger partial charge on any atom is -0.467 e. The van der Waals surface area contributed by atoms with Crippen molar-refractivity contribution in [3.05, 3.63) is 83.4 Å². The van der Waals surface area contributed by atoms with E-state index < -0.39 is 29.7 Å². The van der Waals surface area contributed by atoms with Crippen molar-refractivity contribution in [2.24, 2.45) is 0 Å². The van der Waals surface area contributed by atoms with E-state index in [4.69, 9.17) is 4.74 Å². The number of rotatable bonds is 6. The van der Waals surface area contributed by atoms with E-state index in [9.17, 15) is 22.8 Å². The van der Waals surface area contributed by atoms with Crippen LogP contribution in [0.3, 0.4) is 0 Å². The molecular weight excluding hydrogens is 395 g/mol. The normalized spacial score (nSPS) is 12.4. The van der Waals surface area contributed by atoms with Gasteiger partial charge >= 0.3 is 12.1 Å². The number of carbonyl (C=O) groups is 2. The van der Waals surface area contributed by atoms with Crippen molar-refractivity contribution in [2.75, 3.05) is 7.11 Å². The van der Waals surface area contributed by atoms with Crippen molar-refractivity contribution in [3.8, 4) is 0 Å². The Hall–Kier alpha value is -3.35. The van der Waals surface area contributed by atoms with Crippen LogP contribution in [0.1, 0.15) is 16.7 Å². The molecule has 4 nitrogen and oxygen atoms in total. The fourth-order valence-corrected chi connectivity index (χ4v) is 3.27. The zero-order valence-corrected chi connectivity index (χ0v) is 16.2. The molecule has 0 aliphatic carbocycles. The molecule has 3 rings (SSSR count). The van der Waals surface area contributed by atoms with Gasteiger partial charge < -0.3 is 10.1 Å². The van der Waals surface area contributed by atoms with Crippen LogP contribution in [0, 0.1) is 0 Å². The van der Waals surface area contributed by atoms with E-state index in [1.165, 1.54) is 19.2 Å². The maximum absolute atomic E-state index is 12.7. The van der Waals surface area contributed by atoms with Gasteiger partial charge in [-0.25, -0.2) is 4.79 Å². The molecule has 1 atom stereocenters. The summed E-state index contributed by atoms with van der Waals surface area (Å²) in [6.07, 6.45) is -4.36. The number of methoxy groups -OCH3 is 1. The molecule has 0 aromatic heterocycles. The van der Waals surface area contributed by atoms with Crippen LogP contribution < -0.4 is 5.32 Å². The molecule has 0 aliphatic rings. The predicted molar refractivity (Wildman–Crippen MR) is 107 cm³/mol. The molecular formula is C23H20F3NO3. The number of benzene rings is 3. The number of alkyl halides is 3. The molecule has 30 heavy (non-hydrogen) atoms. The lowest BCUT2D eigenvalue weighted by molar-refractivity contribution is -0.145. The van der Waals surface area contributed by atoms with Gasteiger partial charge in [0.25, 0.3) is 0 Å². The molecule has 0 aliphatic heterocycles. The van der Waals surface area contributed by atoms with Gasteiger partial charge in [0, 0.05) is 6.42 Å². The fourth-order valence-electron chi connectivity index (χ4n) is 3.27. The minimum absolute atomic E-state index is 0.152. The van der Waals surface area contributed by atoms with Crippen molar-refractivity contribution in [2.45, 2.75) is 25.1 Å². The third-order valence-electron chi connectivity index (χ3n) is 4.77. The first-order valence-corrected chi connectivity index (χ1v) is 9.28. The Morgan fingerprint density at radius 3 is 2.30 bits per heavy atom. The van der Waals surface area contributed by atoms with Gasteiger partial charge in [-0.1, -0.05) is 54.6 Å². The van der Waals surface area contributed by atoms with Crippen molar-refractivity contribution < 1.29 is 27.5 Å². The van der Waals surface area contributed by atoms with Crippen molar-refractivity contribution in [3.63, 3.8) is 0 Å². The summed E-state index contributed by atoms with van der Waals surface area (Å²) in [5.74, 6) is -1.07. The van der Waals surface area contributed by atoms with E-state index in [1.807, 2.05) is 42.5 Å². The molecule has 0 unspecified atom stereocenters. The summed E-state index contributed by atoms with van der Waals surface area (Å²) in [6, 6.07) is 16.8. The van der Waals surface area contributed by atoms with Gasteiger partial charge in [-0.2, -0.15) is 13.2 Å². The summed E-state index contributed by atoms with van der Waals surface area (Å²) >= 11 is 0. The van der Waals surface area contributed by atoms with E-state index in [0.29, 0.717) is 5.56 Å². The summed E-state index contributed by atoms with van der Waals surface area (Å²) < 4.78 is 42.8. The Morgan fingerprint density at radius 1 is 0.967 bits per heavy atom. The number of hydrogen-bond acceptors (Lipinski definition) is 3. The van der Waals surface area contributed by atoms with Gasteiger partial charge in [-0.15, -0.1) is 0 Å². The highest BCUT2D eigenvalue weighted by molar-refractivity contribution is 5.88. The summed E-state index contributed by atoms with van der Waals surface area (Å²) in [5, 5.41) is 4.61. The maximum atomic E-state index is 12.7. The number of esters is 1. The average Bonchev–Trinajstić information content (AvgIpc) is 2.72. The quantitative estimate of drug-likeness (QED) is 0.611. The molecule has 1 N–H and O–H groups in total. The van der Waals surface area contributed by atoms with E-state index in [-0.39, 0.29) is 12.8 Å². The third-order valence-corrected chi connectivity index (χ3v) is 4.77. The molecule has 7 heteroatoms. The Bertz CT molecular complexity index is 1040. The van der Waals surface area contributed by atoms with E-state index in [0.717, 1.165) is 28.5 Å². The van der Waals surface area contributed by atoms with Crippen LogP contribution in [-0.2, 0) is 33.3 Å². The Labute approximate surface area is 171 Å². The fraction of sp³-hybridized carbons (Fsp3) is 0.217. The molecule has 3 aromatic carbocycles. The molecule has 156 valence electrons. The first-order valence-electron chi connectivity index (χ1n) is 9.28. The number of ether oxygens (including phenoxy) is 1. The maximum Gasteiger partial charge on any atom is 0.416 e. The molecule has 0 saturated heterocycles. The van der Waals surface area contributed by atoms with E-state index >= 15 is 0 Å². The van der Waals surface area contributed by atoms with E-state index in [2.05, 4.69) is 5.32 Å². The second-order valence-electron chi connectivity index (χ2n) is 6.86. The summed E-state index contributed by atoms with van der Waals surface area (Å²) in [6.45, 7) is 0. The molecule has 0 heterocycles. The number of carbonyl (C=O) groups excluding carboxylic acids is 2. The number of fused-ring (bicyclic) bond motifs is 1. The van der Waals surface area contributed by atoms with Crippen molar-refractivity contribution in [1.29, 1.82) is 0 Å². The highest BCUT2D eigenvalue weighted by Crippen LogP contribution is 2.29. The monoisotopic (exact) mass is 415 g/mol. The Morgan fingerprint density at radius 2 is 1.63 bits per heavy atom. The number of hydrogen-bond donors (Lipinski definition) is 1. The first-order chi connectivity index (χ1) is 14.3. The van der Waals surface area contributed by atoms with Crippen molar-refractivity contribution in [1.82, 2.24) is 5.32 Å². The van der Waals surface area contributed by atoms with Gasteiger partial charge in [0.05, 0.1) is 19.1 Å². The highest BCUT2D eigenvalue weighted by Gasteiger charge is 2.30. The van der Waals surface area contributed by atoms with Gasteiger partial charge in [-0.3, -0.25) is 4.79 Å². The number of halogens is 3. The largest absolute Gasteiger partial charge is 0.467 e. The number of amides is 1. The standard InChI is InChI=1S/C23H20F3NO3/c1-30-22(29)20(14-17-7-4-6-16-5-2-3-8-19(16)17)27-21(28)13-15-9-11-18(12-10-15)23(24,25)26/h2-12,20H,13-14H2,1H3,(H,27,28)/t20-/m0/s1. The van der Waals surface area contributed by atoms with Gasteiger partial charge in [0.15, 0.2) is 0 Å². The minimum atomic E-state index is -4.44. The Kier molecular flexibility index (Phi) is 6.40. The molecule has 0 fully saturated rings. The predicted octanol–water partition coefficient (Wildman–Crippen LogP) is 4.30. The summed E-state index contributed by atoms with van der Waals surface area (Å²) in [7, 11) is 1.24. The lowest BCUT2D eigenvalue weighted by atomic mass is 9.98. The van der Waals surface area contributed by atoms with Gasteiger partial charge in [-0.05, 0) is 34.0 Å². The van der Waals surface area contributed by atoms with Crippen LogP contribution >= 0.6 is 0 Å². The van der Waals surface area contributed by atoms with Crippen LogP contribution in [0.15, 0.2) is 66.7 Å². The third kappa shape index (κ3) is 5.17. The van der Waals surface area contributed by atoms with Crippen LogP contribution in [0.5, 0.6) is 0 Å². The SMILES string of the molecule is COC(=O)[C@H](Cc1cccc2ccccc12)NC(=O)Cc1ccc(C(F)(F)F)cc1. The molecule has 3 aromatic rings. The molecule has 1 amide bonds. The average molecular weight is 415 g/mol. The topological polar surface area (TPSA) is 55.4 Å². The lowest BCUT2D eigenvalue weighted by Gasteiger charge is -2.18.